The molecular formula is C25H30FN3O3S2. The molecule has 1 aliphatic heterocycles. The quantitative estimate of drug-likeness (QED) is 0.375. The Hall–Kier alpha value is -2.20. The van der Waals surface area contributed by atoms with Gasteiger partial charge in [0.15, 0.2) is 0 Å². The Morgan fingerprint density at radius 2 is 2.29 bits per heavy atom. The lowest BCUT2D eigenvalue weighted by Crippen LogP contribution is -2.44. The van der Waals surface area contributed by atoms with Gasteiger partial charge in [0, 0.05) is 46.1 Å². The summed E-state index contributed by atoms with van der Waals surface area (Å²) in [5, 5.41) is 14.7. The Labute approximate surface area is 207 Å². The van der Waals surface area contributed by atoms with Crippen molar-refractivity contribution in [3.05, 3.63) is 52.6 Å². The number of pyridine rings is 1. The van der Waals surface area contributed by atoms with Gasteiger partial charge in [0.25, 0.3) is 0 Å². The standard InChI is InChI=1S/C25H30FN3O3S2/c1-32-17-3-5-23-19(12-17)24(21(26)13-28-23)22(27)4-2-16-6-8-29(14-20(16)25(30)31)9-11-34-18-7-10-33-15-18/h3,5,7,10,12-13,15-16,20,22H,2,4,6,8-9,11,14,27H2,1H3,(H,30,31)/t16-,20+,22-/m0/s1. The second-order valence-electron chi connectivity index (χ2n) is 8.69. The van der Waals surface area contributed by atoms with E-state index in [0.29, 0.717) is 41.6 Å². The minimum absolute atomic E-state index is 0.0232. The topological polar surface area (TPSA) is 88.7 Å². The normalized spacial score (nSPS) is 19.9. The number of carbonyl (C=O) groups is 1. The number of carboxylic acids is 1. The molecular weight excluding hydrogens is 473 g/mol. The van der Waals surface area contributed by atoms with E-state index in [4.69, 9.17) is 10.5 Å². The molecule has 4 rings (SSSR count). The number of hydrogen-bond donors (Lipinski definition) is 2. The number of rotatable bonds is 10. The Kier molecular flexibility index (Phi) is 8.41. The Bertz CT molecular complexity index is 1110. The van der Waals surface area contributed by atoms with Gasteiger partial charge >= 0.3 is 5.97 Å². The van der Waals surface area contributed by atoms with E-state index < -0.39 is 23.7 Å². The van der Waals surface area contributed by atoms with Gasteiger partial charge in [0.1, 0.15) is 11.6 Å². The molecule has 34 heavy (non-hydrogen) atoms. The van der Waals surface area contributed by atoms with Crippen molar-refractivity contribution in [3.63, 3.8) is 0 Å². The number of likely N-dealkylation sites (tertiary alicyclic amines) is 1. The summed E-state index contributed by atoms with van der Waals surface area (Å²) >= 11 is 3.49. The van der Waals surface area contributed by atoms with Crippen molar-refractivity contribution >= 4 is 40.0 Å². The van der Waals surface area contributed by atoms with Gasteiger partial charge in [-0.25, -0.2) is 4.39 Å². The molecule has 1 fully saturated rings. The van der Waals surface area contributed by atoms with Gasteiger partial charge < -0.3 is 20.5 Å². The second-order valence-corrected chi connectivity index (χ2v) is 10.6. The average Bonchev–Trinajstić information content (AvgIpc) is 3.36. The molecule has 182 valence electrons. The molecule has 0 bridgehead atoms. The molecule has 2 aromatic heterocycles. The van der Waals surface area contributed by atoms with Crippen molar-refractivity contribution in [1.82, 2.24) is 9.88 Å². The molecule has 1 aliphatic rings. The number of aliphatic carboxylic acids is 1. The number of thiophene rings is 1. The Morgan fingerprint density at radius 3 is 3.03 bits per heavy atom. The summed E-state index contributed by atoms with van der Waals surface area (Å²) in [6.45, 7) is 2.29. The number of nitrogens with zero attached hydrogens (tertiary/aromatic N) is 2. The van der Waals surface area contributed by atoms with Gasteiger partial charge in [0.05, 0.1) is 24.7 Å². The number of piperidine rings is 1. The molecule has 0 unspecified atom stereocenters. The summed E-state index contributed by atoms with van der Waals surface area (Å²) in [5.41, 5.74) is 7.54. The maximum Gasteiger partial charge on any atom is 0.308 e. The monoisotopic (exact) mass is 503 g/mol. The summed E-state index contributed by atoms with van der Waals surface area (Å²) in [4.78, 5) is 19.7. The molecule has 0 saturated carbocycles. The van der Waals surface area contributed by atoms with Crippen LogP contribution in [0.4, 0.5) is 4.39 Å². The fourth-order valence-electron chi connectivity index (χ4n) is 4.73. The van der Waals surface area contributed by atoms with Crippen LogP contribution >= 0.6 is 23.1 Å². The van der Waals surface area contributed by atoms with Crippen LogP contribution in [-0.2, 0) is 4.79 Å². The van der Waals surface area contributed by atoms with E-state index in [-0.39, 0.29) is 5.92 Å². The number of ether oxygens (including phenoxy) is 1. The maximum atomic E-state index is 14.8. The predicted molar refractivity (Wildman–Crippen MR) is 135 cm³/mol. The molecule has 0 radical (unpaired) electrons. The number of benzene rings is 1. The molecule has 3 heterocycles. The fourth-order valence-corrected chi connectivity index (χ4v) is 6.52. The number of carboxylic acid groups (broad SMARTS) is 1. The molecule has 3 N–H and O–H groups in total. The van der Waals surface area contributed by atoms with E-state index in [1.54, 1.807) is 48.4 Å². The van der Waals surface area contributed by atoms with Crippen molar-refractivity contribution in [2.75, 3.05) is 32.5 Å². The molecule has 1 saturated heterocycles. The van der Waals surface area contributed by atoms with Crippen LogP contribution in [0.2, 0.25) is 0 Å². The van der Waals surface area contributed by atoms with Gasteiger partial charge in [-0.15, -0.1) is 11.8 Å². The van der Waals surface area contributed by atoms with Gasteiger partial charge in [-0.2, -0.15) is 11.3 Å². The Balaban J connectivity index is 1.38. The van der Waals surface area contributed by atoms with Gasteiger partial charge in [-0.05, 0) is 61.4 Å². The zero-order chi connectivity index (χ0) is 24.1. The first-order valence-electron chi connectivity index (χ1n) is 11.4. The van der Waals surface area contributed by atoms with E-state index in [9.17, 15) is 14.3 Å². The Morgan fingerprint density at radius 1 is 1.44 bits per heavy atom. The lowest BCUT2D eigenvalue weighted by atomic mass is 9.81. The van der Waals surface area contributed by atoms with Crippen molar-refractivity contribution < 1.29 is 19.0 Å². The zero-order valence-electron chi connectivity index (χ0n) is 19.2. The lowest BCUT2D eigenvalue weighted by molar-refractivity contribution is -0.146. The number of fused-ring (bicyclic) bond motifs is 1. The van der Waals surface area contributed by atoms with Gasteiger partial charge in [-0.3, -0.25) is 9.78 Å². The van der Waals surface area contributed by atoms with Crippen LogP contribution in [0.1, 0.15) is 30.9 Å². The summed E-state index contributed by atoms with van der Waals surface area (Å²) < 4.78 is 20.1. The number of thioether (sulfide) groups is 1. The molecule has 9 heteroatoms. The smallest absolute Gasteiger partial charge is 0.308 e. The van der Waals surface area contributed by atoms with Crippen molar-refractivity contribution in [2.24, 2.45) is 17.6 Å². The minimum atomic E-state index is -0.765. The lowest BCUT2D eigenvalue weighted by Gasteiger charge is -2.37. The molecule has 0 amide bonds. The largest absolute Gasteiger partial charge is 0.497 e. The van der Waals surface area contributed by atoms with Gasteiger partial charge in [-0.1, -0.05) is 0 Å². The average molecular weight is 504 g/mol. The third kappa shape index (κ3) is 5.89. The zero-order valence-corrected chi connectivity index (χ0v) is 20.8. The summed E-state index contributed by atoms with van der Waals surface area (Å²) in [6.07, 6.45) is 3.16. The summed E-state index contributed by atoms with van der Waals surface area (Å²) in [5.74, 6) is -0.0682. The van der Waals surface area contributed by atoms with Gasteiger partial charge in [0.2, 0.25) is 0 Å². The highest BCUT2D eigenvalue weighted by molar-refractivity contribution is 7.99. The number of halogens is 1. The van der Waals surface area contributed by atoms with Crippen LogP contribution < -0.4 is 10.5 Å². The number of methoxy groups -OCH3 is 1. The van der Waals surface area contributed by atoms with E-state index in [1.165, 1.54) is 11.1 Å². The molecule has 6 nitrogen and oxygen atoms in total. The van der Waals surface area contributed by atoms with Crippen LogP contribution in [0.15, 0.2) is 46.1 Å². The first kappa shape index (κ1) is 24.9. The van der Waals surface area contributed by atoms with E-state index in [1.807, 2.05) is 0 Å². The highest BCUT2D eigenvalue weighted by Crippen LogP contribution is 2.34. The van der Waals surface area contributed by atoms with E-state index >= 15 is 0 Å². The second kappa shape index (κ2) is 11.5. The highest BCUT2D eigenvalue weighted by Gasteiger charge is 2.34. The van der Waals surface area contributed by atoms with Crippen LogP contribution in [-0.4, -0.2) is 53.5 Å². The summed E-state index contributed by atoms with van der Waals surface area (Å²) in [7, 11) is 1.56. The molecule has 0 spiro atoms. The number of hydrogen-bond acceptors (Lipinski definition) is 7. The van der Waals surface area contributed by atoms with Crippen molar-refractivity contribution in [2.45, 2.75) is 30.2 Å². The number of aromatic nitrogens is 1. The molecule has 3 aromatic rings. The van der Waals surface area contributed by atoms with Crippen molar-refractivity contribution in [3.8, 4) is 5.75 Å². The van der Waals surface area contributed by atoms with Crippen LogP contribution in [0.3, 0.4) is 0 Å². The van der Waals surface area contributed by atoms with Crippen LogP contribution in [0.25, 0.3) is 10.9 Å². The highest BCUT2D eigenvalue weighted by atomic mass is 32.2. The van der Waals surface area contributed by atoms with Crippen LogP contribution in [0.5, 0.6) is 5.75 Å². The van der Waals surface area contributed by atoms with E-state index in [0.717, 1.165) is 25.3 Å². The van der Waals surface area contributed by atoms with Crippen molar-refractivity contribution in [1.29, 1.82) is 0 Å². The fraction of sp³-hybridized carbons (Fsp3) is 0.440. The minimum Gasteiger partial charge on any atom is -0.497 e. The predicted octanol–water partition coefficient (Wildman–Crippen LogP) is 5.04. The molecule has 0 aliphatic carbocycles. The number of nitrogens with two attached hydrogens (primary N) is 1. The SMILES string of the molecule is COc1ccc2ncc(F)c([C@@H](N)CC[C@H]3CCN(CCSc4ccsc4)C[C@H]3C(=O)O)c2c1. The molecule has 3 atom stereocenters. The molecule has 1 aromatic carbocycles. The maximum absolute atomic E-state index is 14.8. The van der Waals surface area contributed by atoms with E-state index in [2.05, 4.69) is 26.7 Å². The third-order valence-electron chi connectivity index (χ3n) is 6.62. The summed E-state index contributed by atoms with van der Waals surface area (Å²) in [6, 6.07) is 6.89. The first-order valence-corrected chi connectivity index (χ1v) is 13.4. The van der Waals surface area contributed by atoms with Crippen LogP contribution in [0, 0.1) is 17.7 Å². The third-order valence-corrected chi connectivity index (χ3v) is 8.42. The first-order chi connectivity index (χ1) is 16.5.